The molecular weight excluding hydrogens is 643 g/mol. The lowest BCUT2D eigenvalue weighted by molar-refractivity contribution is -0.132. The van der Waals surface area contributed by atoms with Crippen molar-refractivity contribution < 1.29 is 14.3 Å². The number of nitrogens with one attached hydrogen (secondary N) is 1. The van der Waals surface area contributed by atoms with E-state index in [1.54, 1.807) is 15.9 Å². The number of aryl methyl sites for hydroxylation is 1. The van der Waals surface area contributed by atoms with Crippen LogP contribution in [-0.2, 0) is 16.6 Å². The number of anilines is 1. The van der Waals surface area contributed by atoms with Crippen LogP contribution < -0.4 is 9.64 Å². The molecule has 2 saturated heterocycles. The number of ether oxygens (including phenoxy) is 1. The fourth-order valence-electron chi connectivity index (χ4n) is 6.98. The second-order valence-corrected chi connectivity index (χ2v) is 14.2. The van der Waals surface area contributed by atoms with Gasteiger partial charge in [0.25, 0.3) is 0 Å². The van der Waals surface area contributed by atoms with Gasteiger partial charge in [0, 0.05) is 38.8 Å². The number of aromatic nitrogens is 8. The minimum Gasteiger partial charge on any atom is -0.491 e. The Labute approximate surface area is 286 Å². The standard InChI is InChI=1S/C34H37N11O3S/c1-21(2)48-24-6-4-22(5-7-24)28-29-25(37-38-28)8-9-26(36-29)45-17-13-34(33(45)47)12-16-43(19-34)18-27(46)44-14-10-23(11-15-44)31-39-40-32(49-31)30-35-20-42(3)41-30/h4-10,20-21H,11-19H2,1-3H3,(H,37,38)/t34-/m0/s1. The predicted molar refractivity (Wildman–Crippen MR) is 185 cm³/mol. The highest BCUT2D eigenvalue weighted by Gasteiger charge is 2.51. The van der Waals surface area contributed by atoms with Crippen molar-refractivity contribution >= 4 is 45.6 Å². The highest BCUT2D eigenvalue weighted by molar-refractivity contribution is 7.15. The van der Waals surface area contributed by atoms with Crippen molar-refractivity contribution in [2.45, 2.75) is 39.2 Å². The third-order valence-electron chi connectivity index (χ3n) is 9.53. The summed E-state index contributed by atoms with van der Waals surface area (Å²) in [4.78, 5) is 42.4. The second-order valence-electron chi connectivity index (χ2n) is 13.2. The Balaban J connectivity index is 0.896. The van der Waals surface area contributed by atoms with E-state index in [1.807, 2.05) is 62.2 Å². The average molecular weight is 680 g/mol. The van der Waals surface area contributed by atoms with E-state index in [0.29, 0.717) is 62.3 Å². The van der Waals surface area contributed by atoms with Crippen LogP contribution in [0.15, 0.2) is 48.8 Å². The van der Waals surface area contributed by atoms with Crippen LogP contribution in [0.3, 0.4) is 0 Å². The molecule has 4 aromatic heterocycles. The zero-order valence-corrected chi connectivity index (χ0v) is 28.5. The van der Waals surface area contributed by atoms with E-state index in [1.165, 1.54) is 11.3 Å². The summed E-state index contributed by atoms with van der Waals surface area (Å²) < 4.78 is 7.43. The normalized spacial score (nSPS) is 19.9. The maximum absolute atomic E-state index is 14.0. The molecule has 1 spiro atoms. The van der Waals surface area contributed by atoms with Crippen LogP contribution in [0.25, 0.3) is 38.7 Å². The number of aromatic amines is 1. The first-order valence-electron chi connectivity index (χ1n) is 16.6. The van der Waals surface area contributed by atoms with Crippen molar-refractivity contribution in [1.29, 1.82) is 0 Å². The number of amides is 2. The number of carbonyl (C=O) groups is 2. The van der Waals surface area contributed by atoms with Crippen molar-refractivity contribution in [3.63, 3.8) is 0 Å². The van der Waals surface area contributed by atoms with Crippen LogP contribution in [0.4, 0.5) is 5.82 Å². The number of rotatable bonds is 8. The third-order valence-corrected chi connectivity index (χ3v) is 10.5. The molecule has 0 saturated carbocycles. The topological polar surface area (TPSA) is 151 Å². The molecule has 0 unspecified atom stereocenters. The maximum atomic E-state index is 14.0. The summed E-state index contributed by atoms with van der Waals surface area (Å²) in [6, 6.07) is 11.6. The van der Waals surface area contributed by atoms with Crippen LogP contribution in [0, 0.1) is 5.41 Å². The van der Waals surface area contributed by atoms with Crippen molar-refractivity contribution in [2.75, 3.05) is 44.2 Å². The quantitative estimate of drug-likeness (QED) is 0.257. The van der Waals surface area contributed by atoms with Gasteiger partial charge in [-0.05, 0) is 81.6 Å². The Hall–Kier alpha value is -5.02. The minimum atomic E-state index is -0.505. The molecule has 1 aromatic carbocycles. The molecule has 2 amide bonds. The molecule has 7 heterocycles. The van der Waals surface area contributed by atoms with E-state index in [4.69, 9.17) is 9.72 Å². The van der Waals surface area contributed by atoms with Crippen LogP contribution in [0.1, 0.15) is 38.1 Å². The molecule has 252 valence electrons. The zero-order valence-electron chi connectivity index (χ0n) is 27.7. The van der Waals surface area contributed by atoms with Gasteiger partial charge < -0.3 is 9.64 Å². The molecule has 15 heteroatoms. The maximum Gasteiger partial charge on any atom is 0.237 e. The monoisotopic (exact) mass is 679 g/mol. The van der Waals surface area contributed by atoms with E-state index in [0.717, 1.165) is 51.5 Å². The van der Waals surface area contributed by atoms with Crippen molar-refractivity contribution in [2.24, 2.45) is 12.5 Å². The molecule has 0 bridgehead atoms. The Kier molecular flexibility index (Phi) is 7.95. The van der Waals surface area contributed by atoms with E-state index < -0.39 is 5.41 Å². The minimum absolute atomic E-state index is 0.0775. The van der Waals surface area contributed by atoms with Gasteiger partial charge in [0.1, 0.15) is 34.1 Å². The van der Waals surface area contributed by atoms with E-state index in [-0.39, 0.29) is 17.9 Å². The average Bonchev–Trinajstić information content (AvgIpc) is 3.94. The van der Waals surface area contributed by atoms with Crippen LogP contribution in [0.2, 0.25) is 0 Å². The number of likely N-dealkylation sites (tertiary alicyclic amines) is 1. The number of hydrogen-bond donors (Lipinski definition) is 1. The smallest absolute Gasteiger partial charge is 0.237 e. The molecule has 3 aliphatic rings. The fraction of sp³-hybridized carbons (Fsp3) is 0.412. The van der Waals surface area contributed by atoms with Gasteiger partial charge >= 0.3 is 0 Å². The molecule has 0 radical (unpaired) electrons. The number of carbonyl (C=O) groups excluding carboxylic acids is 2. The number of H-pyrrole nitrogens is 1. The number of benzene rings is 1. The van der Waals surface area contributed by atoms with Crippen LogP contribution >= 0.6 is 11.3 Å². The summed E-state index contributed by atoms with van der Waals surface area (Å²) in [5, 5.41) is 22.0. The Morgan fingerprint density at radius 3 is 2.63 bits per heavy atom. The van der Waals surface area contributed by atoms with Crippen molar-refractivity contribution in [1.82, 2.24) is 49.9 Å². The number of fused-ring (bicyclic) bond motifs is 1. The Morgan fingerprint density at radius 2 is 1.88 bits per heavy atom. The van der Waals surface area contributed by atoms with Gasteiger partial charge in [-0.15, -0.1) is 15.3 Å². The van der Waals surface area contributed by atoms with E-state index in [9.17, 15) is 9.59 Å². The number of nitrogens with zero attached hydrogens (tertiary/aromatic N) is 10. The Morgan fingerprint density at radius 1 is 1.06 bits per heavy atom. The lowest BCUT2D eigenvalue weighted by atomic mass is 9.85. The van der Waals surface area contributed by atoms with Gasteiger partial charge in [-0.2, -0.15) is 5.10 Å². The molecule has 49 heavy (non-hydrogen) atoms. The first-order chi connectivity index (χ1) is 23.7. The van der Waals surface area contributed by atoms with Crippen LogP contribution in [-0.4, -0.2) is 107 Å². The van der Waals surface area contributed by atoms with Gasteiger partial charge in [-0.3, -0.25) is 29.2 Å². The summed E-state index contributed by atoms with van der Waals surface area (Å²) >= 11 is 1.46. The van der Waals surface area contributed by atoms with Gasteiger partial charge in [0.05, 0.1) is 23.6 Å². The van der Waals surface area contributed by atoms with Gasteiger partial charge in [0.15, 0.2) is 5.01 Å². The molecule has 3 aliphatic heterocycles. The molecule has 14 nitrogen and oxygen atoms in total. The summed E-state index contributed by atoms with van der Waals surface area (Å²) in [7, 11) is 1.82. The highest BCUT2D eigenvalue weighted by atomic mass is 32.1. The first-order valence-corrected chi connectivity index (χ1v) is 17.4. The lowest BCUT2D eigenvalue weighted by Crippen LogP contribution is -2.43. The van der Waals surface area contributed by atoms with Crippen LogP contribution in [0.5, 0.6) is 5.75 Å². The predicted octanol–water partition coefficient (Wildman–Crippen LogP) is 3.80. The summed E-state index contributed by atoms with van der Waals surface area (Å²) in [6.45, 7) is 7.32. The Bertz CT molecular complexity index is 2070. The lowest BCUT2D eigenvalue weighted by Gasteiger charge is -2.28. The molecule has 1 atom stereocenters. The molecule has 2 fully saturated rings. The van der Waals surface area contributed by atoms with E-state index >= 15 is 0 Å². The largest absolute Gasteiger partial charge is 0.491 e. The fourth-order valence-corrected chi connectivity index (χ4v) is 7.82. The molecule has 5 aromatic rings. The number of pyridine rings is 1. The summed E-state index contributed by atoms with van der Waals surface area (Å²) in [5.41, 5.74) is 3.76. The first kappa shape index (κ1) is 31.3. The molecular formula is C34H37N11O3S. The van der Waals surface area contributed by atoms with Gasteiger partial charge in [-0.1, -0.05) is 17.4 Å². The third kappa shape index (κ3) is 5.97. The van der Waals surface area contributed by atoms with Gasteiger partial charge in [0.2, 0.25) is 17.6 Å². The molecule has 1 N–H and O–H groups in total. The van der Waals surface area contributed by atoms with Crippen molar-refractivity contribution in [3.05, 3.63) is 53.8 Å². The van der Waals surface area contributed by atoms with Gasteiger partial charge in [-0.25, -0.2) is 9.97 Å². The summed E-state index contributed by atoms with van der Waals surface area (Å²) in [6.07, 6.45) is 5.97. The molecule has 8 rings (SSSR count). The number of hydrogen-bond acceptors (Lipinski definition) is 11. The summed E-state index contributed by atoms with van der Waals surface area (Å²) in [5.74, 6) is 2.14. The molecule has 0 aliphatic carbocycles. The second kappa shape index (κ2) is 12.5. The SMILES string of the molecule is CC(C)Oc1ccc(-c2n[nH]c3ccc(N4CC[C@]5(CCN(CC(=O)N6CC=C(c7nnc(-c8ncn(C)n8)s7)CC6)C5)C4=O)nc23)cc1. The van der Waals surface area contributed by atoms with Crippen molar-refractivity contribution in [3.8, 4) is 27.8 Å². The zero-order chi connectivity index (χ0) is 33.7. The highest BCUT2D eigenvalue weighted by Crippen LogP contribution is 2.42. The van der Waals surface area contributed by atoms with E-state index in [2.05, 4.69) is 41.5 Å².